The third-order valence-electron chi connectivity index (χ3n) is 3.83. The third kappa shape index (κ3) is 3.06. The highest BCUT2D eigenvalue weighted by Crippen LogP contribution is 2.30. The predicted molar refractivity (Wildman–Crippen MR) is 96.7 cm³/mol. The van der Waals surface area contributed by atoms with Gasteiger partial charge in [-0.25, -0.2) is 0 Å². The molecule has 124 valence electrons. The number of carbonyl (C=O) groups is 1. The molecule has 0 saturated carbocycles. The van der Waals surface area contributed by atoms with Crippen molar-refractivity contribution < 1.29 is 9.53 Å². The zero-order valence-corrected chi connectivity index (χ0v) is 15.6. The lowest BCUT2D eigenvalue weighted by atomic mass is 10.1. The number of aromatic nitrogens is 3. The van der Waals surface area contributed by atoms with Crippen molar-refractivity contribution in [3.05, 3.63) is 51.0 Å². The van der Waals surface area contributed by atoms with Crippen LogP contribution in [0.25, 0.3) is 11.0 Å². The van der Waals surface area contributed by atoms with Gasteiger partial charge >= 0.3 is 0 Å². The molecule has 0 atom stereocenters. The van der Waals surface area contributed by atoms with Crippen molar-refractivity contribution in [2.75, 3.05) is 6.61 Å². The molecule has 0 spiro atoms. The standard InChI is InChI=1S/C18H18BrN3O2/c1-10-6-13(4)18(14(19)7-10)24-9-16(23)22-17-12(3)5-11(2)8-15(17)20-21-22/h5-8H,9H2,1-4H3. The number of fused-ring (bicyclic) bond motifs is 1. The van der Waals surface area contributed by atoms with E-state index in [0.29, 0.717) is 11.3 Å². The van der Waals surface area contributed by atoms with Gasteiger partial charge in [0.05, 0.1) is 4.47 Å². The normalized spacial score (nSPS) is 11.0. The van der Waals surface area contributed by atoms with Crippen molar-refractivity contribution in [1.29, 1.82) is 0 Å². The van der Waals surface area contributed by atoms with Gasteiger partial charge in [0.15, 0.2) is 6.61 Å². The fourth-order valence-corrected chi connectivity index (χ4v) is 3.67. The molecule has 0 aliphatic rings. The Bertz CT molecular complexity index is 924. The minimum atomic E-state index is -0.253. The molecule has 3 rings (SSSR count). The van der Waals surface area contributed by atoms with Crippen LogP contribution in [-0.4, -0.2) is 27.5 Å². The maximum Gasteiger partial charge on any atom is 0.286 e. The lowest BCUT2D eigenvalue weighted by Gasteiger charge is -2.12. The van der Waals surface area contributed by atoms with E-state index < -0.39 is 0 Å². The number of halogens is 1. The SMILES string of the molecule is Cc1cc(C)c(OCC(=O)n2nnc3cc(C)cc(C)c32)c(Br)c1. The van der Waals surface area contributed by atoms with E-state index in [0.717, 1.165) is 32.2 Å². The molecule has 0 radical (unpaired) electrons. The van der Waals surface area contributed by atoms with Crippen LogP contribution in [0.3, 0.4) is 0 Å². The first-order valence-electron chi connectivity index (χ1n) is 7.62. The molecular weight excluding hydrogens is 370 g/mol. The molecule has 0 unspecified atom stereocenters. The molecule has 0 aliphatic carbocycles. The predicted octanol–water partition coefficient (Wildman–Crippen LogP) is 4.15. The van der Waals surface area contributed by atoms with Crippen LogP contribution in [-0.2, 0) is 0 Å². The smallest absolute Gasteiger partial charge is 0.286 e. The summed E-state index contributed by atoms with van der Waals surface area (Å²) in [6, 6.07) is 7.91. The highest BCUT2D eigenvalue weighted by Gasteiger charge is 2.16. The van der Waals surface area contributed by atoms with Gasteiger partial charge in [-0.1, -0.05) is 17.3 Å². The topological polar surface area (TPSA) is 57.0 Å². The Labute approximate surface area is 148 Å². The number of nitrogens with zero attached hydrogens (tertiary/aromatic N) is 3. The molecule has 24 heavy (non-hydrogen) atoms. The molecule has 0 saturated heterocycles. The van der Waals surface area contributed by atoms with Gasteiger partial charge in [0.2, 0.25) is 0 Å². The van der Waals surface area contributed by atoms with Crippen LogP contribution in [0, 0.1) is 27.7 Å². The molecule has 3 aromatic rings. The van der Waals surface area contributed by atoms with Crippen molar-refractivity contribution in [1.82, 2.24) is 15.0 Å². The highest BCUT2D eigenvalue weighted by molar-refractivity contribution is 9.10. The number of aryl methyl sites for hydroxylation is 4. The molecule has 1 aromatic heterocycles. The maximum absolute atomic E-state index is 12.5. The van der Waals surface area contributed by atoms with Gasteiger partial charge in [0.25, 0.3) is 5.91 Å². The zero-order chi connectivity index (χ0) is 17.4. The average Bonchev–Trinajstić information content (AvgIpc) is 2.89. The van der Waals surface area contributed by atoms with E-state index >= 15 is 0 Å². The largest absolute Gasteiger partial charge is 0.482 e. The van der Waals surface area contributed by atoms with Gasteiger partial charge in [-0.15, -0.1) is 5.10 Å². The zero-order valence-electron chi connectivity index (χ0n) is 14.1. The fraction of sp³-hybridized carbons (Fsp3) is 0.278. The molecular formula is C18H18BrN3O2. The van der Waals surface area contributed by atoms with Crippen LogP contribution in [0.15, 0.2) is 28.7 Å². The Balaban J connectivity index is 1.87. The van der Waals surface area contributed by atoms with Crippen molar-refractivity contribution in [2.45, 2.75) is 27.7 Å². The van der Waals surface area contributed by atoms with E-state index in [-0.39, 0.29) is 12.5 Å². The third-order valence-corrected chi connectivity index (χ3v) is 4.42. The van der Waals surface area contributed by atoms with E-state index in [1.807, 2.05) is 52.0 Å². The quantitative estimate of drug-likeness (QED) is 0.677. The summed E-state index contributed by atoms with van der Waals surface area (Å²) in [4.78, 5) is 12.5. The van der Waals surface area contributed by atoms with Crippen LogP contribution >= 0.6 is 15.9 Å². The molecule has 0 amide bonds. The fourth-order valence-electron chi connectivity index (χ4n) is 2.88. The van der Waals surface area contributed by atoms with E-state index in [4.69, 9.17) is 4.74 Å². The Hall–Kier alpha value is -2.21. The van der Waals surface area contributed by atoms with Crippen LogP contribution in [0.4, 0.5) is 0 Å². The van der Waals surface area contributed by atoms with Gasteiger partial charge in [0.1, 0.15) is 16.8 Å². The highest BCUT2D eigenvalue weighted by atomic mass is 79.9. The summed E-state index contributed by atoms with van der Waals surface area (Å²) in [6.07, 6.45) is 0. The summed E-state index contributed by atoms with van der Waals surface area (Å²) >= 11 is 3.49. The summed E-state index contributed by atoms with van der Waals surface area (Å²) < 4.78 is 7.89. The molecule has 0 aliphatic heterocycles. The summed E-state index contributed by atoms with van der Waals surface area (Å²) in [5, 5.41) is 8.08. The van der Waals surface area contributed by atoms with Crippen LogP contribution < -0.4 is 4.74 Å². The molecule has 2 aromatic carbocycles. The van der Waals surface area contributed by atoms with Crippen molar-refractivity contribution in [3.8, 4) is 5.75 Å². The van der Waals surface area contributed by atoms with Gasteiger partial charge in [-0.2, -0.15) is 4.68 Å². The van der Waals surface area contributed by atoms with Crippen molar-refractivity contribution in [2.24, 2.45) is 0 Å². The van der Waals surface area contributed by atoms with Crippen LogP contribution in [0.5, 0.6) is 5.75 Å². The molecule has 1 heterocycles. The number of benzene rings is 2. The van der Waals surface area contributed by atoms with Gasteiger partial charge in [-0.3, -0.25) is 4.79 Å². The molecule has 0 N–H and O–H groups in total. The second-order valence-electron chi connectivity index (χ2n) is 6.03. The van der Waals surface area contributed by atoms with E-state index in [9.17, 15) is 4.79 Å². The Kier molecular flexibility index (Phi) is 4.41. The van der Waals surface area contributed by atoms with E-state index in [2.05, 4.69) is 26.2 Å². The summed E-state index contributed by atoms with van der Waals surface area (Å²) in [7, 11) is 0. The Morgan fingerprint density at radius 3 is 2.46 bits per heavy atom. The van der Waals surface area contributed by atoms with Crippen molar-refractivity contribution in [3.63, 3.8) is 0 Å². The van der Waals surface area contributed by atoms with Crippen LogP contribution in [0.2, 0.25) is 0 Å². The monoisotopic (exact) mass is 387 g/mol. The Morgan fingerprint density at radius 2 is 1.75 bits per heavy atom. The first-order valence-corrected chi connectivity index (χ1v) is 8.41. The maximum atomic E-state index is 12.5. The second kappa shape index (κ2) is 6.36. The molecule has 5 nitrogen and oxygen atoms in total. The summed E-state index contributed by atoms with van der Waals surface area (Å²) in [5.41, 5.74) is 5.62. The van der Waals surface area contributed by atoms with E-state index in [1.165, 1.54) is 4.68 Å². The number of hydrogen-bond donors (Lipinski definition) is 0. The molecule has 6 heteroatoms. The first kappa shape index (κ1) is 16.6. The van der Waals surface area contributed by atoms with Crippen LogP contribution in [0.1, 0.15) is 27.0 Å². The average molecular weight is 388 g/mol. The van der Waals surface area contributed by atoms with Gasteiger partial charge in [0, 0.05) is 0 Å². The number of carbonyl (C=O) groups excluding carboxylic acids is 1. The van der Waals surface area contributed by atoms with E-state index in [1.54, 1.807) is 0 Å². The van der Waals surface area contributed by atoms with Gasteiger partial charge in [-0.05, 0) is 78.0 Å². The van der Waals surface area contributed by atoms with Gasteiger partial charge < -0.3 is 4.74 Å². The number of rotatable bonds is 3. The minimum Gasteiger partial charge on any atom is -0.482 e. The number of ether oxygens (including phenoxy) is 1. The lowest BCUT2D eigenvalue weighted by molar-refractivity contribution is 0.0823. The first-order chi connectivity index (χ1) is 11.4. The summed E-state index contributed by atoms with van der Waals surface area (Å²) in [6.45, 7) is 7.81. The number of hydrogen-bond acceptors (Lipinski definition) is 4. The lowest BCUT2D eigenvalue weighted by Crippen LogP contribution is -2.21. The minimum absolute atomic E-state index is 0.103. The Morgan fingerprint density at radius 1 is 1.08 bits per heavy atom. The molecule has 0 bridgehead atoms. The van der Waals surface area contributed by atoms with Crippen molar-refractivity contribution >= 4 is 32.9 Å². The second-order valence-corrected chi connectivity index (χ2v) is 6.88. The summed E-state index contributed by atoms with van der Waals surface area (Å²) in [5.74, 6) is 0.419. The molecule has 0 fully saturated rings.